The normalized spacial score (nSPS) is 11.0. The highest BCUT2D eigenvalue weighted by Gasteiger charge is 2.06. The number of hydrogen-bond donors (Lipinski definition) is 0. The van der Waals surface area contributed by atoms with E-state index in [-0.39, 0.29) is 5.78 Å². The molecule has 0 N–H and O–H groups in total. The van der Waals surface area contributed by atoms with Crippen LogP contribution in [-0.2, 0) is 0 Å². The predicted molar refractivity (Wildman–Crippen MR) is 94.2 cm³/mol. The van der Waals surface area contributed by atoms with Gasteiger partial charge in [0.1, 0.15) is 5.75 Å². The molecule has 0 amide bonds. The van der Waals surface area contributed by atoms with Gasteiger partial charge in [-0.1, -0.05) is 30.3 Å². The Morgan fingerprint density at radius 3 is 2.43 bits per heavy atom. The number of ketones is 1. The van der Waals surface area contributed by atoms with E-state index in [1.54, 1.807) is 26.2 Å². The van der Waals surface area contributed by atoms with Gasteiger partial charge in [0.05, 0.1) is 12.8 Å². The Hall–Kier alpha value is -2.94. The number of nitrogens with zero attached hydrogens (tertiary/aromatic N) is 1. The Morgan fingerprint density at radius 1 is 1.00 bits per heavy atom. The quantitative estimate of drug-likeness (QED) is 0.513. The van der Waals surface area contributed by atoms with E-state index in [0.29, 0.717) is 5.56 Å². The number of methoxy groups -OCH3 is 1. The molecule has 114 valence electrons. The van der Waals surface area contributed by atoms with Crippen LogP contribution in [0.15, 0.2) is 65.7 Å². The van der Waals surface area contributed by atoms with Gasteiger partial charge in [0.25, 0.3) is 0 Å². The molecule has 0 saturated carbocycles. The van der Waals surface area contributed by atoms with Crippen LogP contribution >= 0.6 is 0 Å². The molecule has 0 heterocycles. The second-order valence-electron chi connectivity index (χ2n) is 5.26. The molecule has 0 unspecified atom stereocenters. The average molecular weight is 303 g/mol. The van der Waals surface area contributed by atoms with Crippen LogP contribution in [0, 0.1) is 0 Å². The van der Waals surface area contributed by atoms with Crippen molar-refractivity contribution in [3.8, 4) is 5.75 Å². The zero-order valence-electron chi connectivity index (χ0n) is 13.1. The van der Waals surface area contributed by atoms with Crippen LogP contribution in [0.1, 0.15) is 22.8 Å². The van der Waals surface area contributed by atoms with E-state index in [4.69, 9.17) is 4.74 Å². The number of rotatable bonds is 4. The lowest BCUT2D eigenvalue weighted by atomic mass is 10.0. The third kappa shape index (κ3) is 3.14. The van der Waals surface area contributed by atoms with Crippen molar-refractivity contribution in [2.24, 2.45) is 4.99 Å². The van der Waals surface area contributed by atoms with Crippen LogP contribution in [0.3, 0.4) is 0 Å². The molecule has 0 saturated heterocycles. The third-order valence-electron chi connectivity index (χ3n) is 3.77. The molecule has 3 aromatic carbocycles. The molecule has 0 atom stereocenters. The average Bonchev–Trinajstić information content (AvgIpc) is 2.59. The fraction of sp³-hybridized carbons (Fsp3) is 0.100. The van der Waals surface area contributed by atoms with Gasteiger partial charge in [-0.25, -0.2) is 0 Å². The number of hydrogen-bond acceptors (Lipinski definition) is 3. The van der Waals surface area contributed by atoms with Gasteiger partial charge in [-0.15, -0.1) is 0 Å². The second kappa shape index (κ2) is 6.44. The molecular formula is C20H17NO2. The number of carbonyl (C=O) groups excluding carboxylic acids is 1. The molecule has 0 bridgehead atoms. The maximum atomic E-state index is 11.3. The molecule has 0 aromatic heterocycles. The second-order valence-corrected chi connectivity index (χ2v) is 5.26. The molecule has 0 fully saturated rings. The van der Waals surface area contributed by atoms with Crippen molar-refractivity contribution in [1.82, 2.24) is 0 Å². The van der Waals surface area contributed by atoms with E-state index in [1.165, 1.54) is 0 Å². The maximum Gasteiger partial charge on any atom is 0.159 e. The van der Waals surface area contributed by atoms with E-state index >= 15 is 0 Å². The molecule has 0 aliphatic carbocycles. The Morgan fingerprint density at radius 2 is 1.74 bits per heavy atom. The minimum absolute atomic E-state index is 0.0521. The summed E-state index contributed by atoms with van der Waals surface area (Å²) in [5.74, 6) is 0.837. The fourth-order valence-electron chi connectivity index (χ4n) is 2.51. The summed E-state index contributed by atoms with van der Waals surface area (Å²) in [7, 11) is 1.66. The first-order valence-corrected chi connectivity index (χ1v) is 7.40. The van der Waals surface area contributed by atoms with Crippen LogP contribution < -0.4 is 4.74 Å². The molecule has 0 aliphatic heterocycles. The SMILES string of the molecule is COc1ccc2ccccc2c1C=Nc1ccc(C(C)=O)cc1. The number of fused-ring (bicyclic) bond motifs is 1. The van der Waals surface area contributed by atoms with Crippen molar-refractivity contribution in [2.45, 2.75) is 6.92 Å². The highest BCUT2D eigenvalue weighted by atomic mass is 16.5. The largest absolute Gasteiger partial charge is 0.496 e. The van der Waals surface area contributed by atoms with E-state index in [1.807, 2.05) is 42.6 Å². The number of Topliss-reactive ketones (excluding diaryl/α,β-unsaturated/α-hetero) is 1. The Bertz CT molecular complexity index is 880. The van der Waals surface area contributed by atoms with Crippen molar-refractivity contribution in [1.29, 1.82) is 0 Å². The van der Waals surface area contributed by atoms with Gasteiger partial charge in [0, 0.05) is 17.3 Å². The standard InChI is InChI=1S/C20H17NO2/c1-14(22)15-7-10-17(11-8-15)21-13-19-18-6-4-3-5-16(18)9-12-20(19)23-2/h3-13H,1-2H3. The van der Waals surface area contributed by atoms with Gasteiger partial charge in [0.2, 0.25) is 0 Å². The molecule has 0 aliphatic rings. The van der Waals surface area contributed by atoms with E-state index in [9.17, 15) is 4.79 Å². The van der Waals surface area contributed by atoms with Crippen molar-refractivity contribution >= 4 is 28.5 Å². The van der Waals surface area contributed by atoms with Gasteiger partial charge in [0.15, 0.2) is 5.78 Å². The van der Waals surface area contributed by atoms with Crippen LogP contribution in [-0.4, -0.2) is 19.1 Å². The van der Waals surface area contributed by atoms with Crippen molar-refractivity contribution < 1.29 is 9.53 Å². The molecule has 0 spiro atoms. The third-order valence-corrected chi connectivity index (χ3v) is 3.77. The number of benzene rings is 3. The zero-order valence-corrected chi connectivity index (χ0v) is 13.1. The van der Waals surface area contributed by atoms with Gasteiger partial charge in [-0.3, -0.25) is 9.79 Å². The summed E-state index contributed by atoms with van der Waals surface area (Å²) < 4.78 is 5.46. The lowest BCUT2D eigenvalue weighted by Crippen LogP contribution is -1.92. The smallest absolute Gasteiger partial charge is 0.159 e. The summed E-state index contributed by atoms with van der Waals surface area (Å²) in [5.41, 5.74) is 2.43. The number of carbonyl (C=O) groups is 1. The van der Waals surface area contributed by atoms with Gasteiger partial charge in [-0.2, -0.15) is 0 Å². The van der Waals surface area contributed by atoms with Crippen LogP contribution in [0.2, 0.25) is 0 Å². The predicted octanol–water partition coefficient (Wildman–Crippen LogP) is 4.80. The lowest BCUT2D eigenvalue weighted by molar-refractivity contribution is 0.101. The molecule has 3 aromatic rings. The molecule has 23 heavy (non-hydrogen) atoms. The molecule has 3 nitrogen and oxygen atoms in total. The van der Waals surface area contributed by atoms with Gasteiger partial charge in [-0.05, 0) is 48.0 Å². The Kier molecular flexibility index (Phi) is 4.20. The lowest BCUT2D eigenvalue weighted by Gasteiger charge is -2.08. The van der Waals surface area contributed by atoms with Crippen molar-refractivity contribution in [3.05, 3.63) is 71.8 Å². The van der Waals surface area contributed by atoms with E-state index in [2.05, 4.69) is 17.1 Å². The summed E-state index contributed by atoms with van der Waals surface area (Å²) in [6.45, 7) is 1.55. The minimum atomic E-state index is 0.0521. The van der Waals surface area contributed by atoms with Gasteiger partial charge >= 0.3 is 0 Å². The summed E-state index contributed by atoms with van der Waals surface area (Å²) >= 11 is 0. The van der Waals surface area contributed by atoms with Crippen molar-refractivity contribution in [3.63, 3.8) is 0 Å². The summed E-state index contributed by atoms with van der Waals surface area (Å²) in [5, 5.41) is 2.23. The molecule has 3 rings (SSSR count). The zero-order chi connectivity index (χ0) is 16.2. The Balaban J connectivity index is 2.01. The van der Waals surface area contributed by atoms with Gasteiger partial charge < -0.3 is 4.74 Å². The van der Waals surface area contributed by atoms with Crippen LogP contribution in [0.25, 0.3) is 10.8 Å². The highest BCUT2D eigenvalue weighted by molar-refractivity contribution is 6.03. The fourth-order valence-corrected chi connectivity index (χ4v) is 2.51. The first-order chi connectivity index (χ1) is 11.2. The minimum Gasteiger partial charge on any atom is -0.496 e. The highest BCUT2D eigenvalue weighted by Crippen LogP contribution is 2.27. The van der Waals surface area contributed by atoms with Crippen molar-refractivity contribution in [2.75, 3.05) is 7.11 Å². The monoisotopic (exact) mass is 303 g/mol. The first kappa shape index (κ1) is 15.0. The number of aliphatic imine (C=N–C) groups is 1. The number of ether oxygens (including phenoxy) is 1. The maximum absolute atomic E-state index is 11.3. The summed E-state index contributed by atoms with van der Waals surface area (Å²) in [6, 6.07) is 19.4. The van der Waals surface area contributed by atoms with Crippen LogP contribution in [0.5, 0.6) is 5.75 Å². The van der Waals surface area contributed by atoms with Crippen LogP contribution in [0.4, 0.5) is 5.69 Å². The molecule has 0 radical (unpaired) electrons. The Labute approximate surface area is 135 Å². The topological polar surface area (TPSA) is 38.7 Å². The molecule has 3 heteroatoms. The summed E-state index contributed by atoms with van der Waals surface area (Å²) in [4.78, 5) is 15.8. The van der Waals surface area contributed by atoms with E-state index in [0.717, 1.165) is 27.8 Å². The summed E-state index contributed by atoms with van der Waals surface area (Å²) in [6.07, 6.45) is 1.81. The first-order valence-electron chi connectivity index (χ1n) is 7.40. The molecular weight excluding hydrogens is 286 g/mol. The van der Waals surface area contributed by atoms with E-state index < -0.39 is 0 Å².